The summed E-state index contributed by atoms with van der Waals surface area (Å²) in [6, 6.07) is 5.31. The van der Waals surface area contributed by atoms with Gasteiger partial charge in [-0.3, -0.25) is 0 Å². The van der Waals surface area contributed by atoms with Crippen LogP contribution in [0.15, 0.2) is 16.6 Å². The highest BCUT2D eigenvalue weighted by atomic mass is 79.9. The van der Waals surface area contributed by atoms with E-state index in [0.29, 0.717) is 10.9 Å². The van der Waals surface area contributed by atoms with Crippen LogP contribution in [0, 0.1) is 11.3 Å². The standard InChI is InChI=1S/C10H7Br2NO2/c1-15-10(14)6-2-3-9(12)7(4-11)8(6)5-13/h2-3H,4H2,1H3. The zero-order valence-corrected chi connectivity index (χ0v) is 11.1. The van der Waals surface area contributed by atoms with Crippen LogP contribution in [0.25, 0.3) is 0 Å². The molecule has 0 amide bonds. The minimum atomic E-state index is -0.499. The van der Waals surface area contributed by atoms with Crippen molar-refractivity contribution in [3.63, 3.8) is 0 Å². The second-order valence-corrected chi connectivity index (χ2v) is 4.10. The monoisotopic (exact) mass is 331 g/mol. The first-order chi connectivity index (χ1) is 7.15. The van der Waals surface area contributed by atoms with Crippen molar-refractivity contribution in [2.45, 2.75) is 5.33 Å². The summed E-state index contributed by atoms with van der Waals surface area (Å²) in [6.07, 6.45) is 0. The van der Waals surface area contributed by atoms with Crippen molar-refractivity contribution >= 4 is 37.8 Å². The quantitative estimate of drug-likeness (QED) is 0.618. The molecule has 0 aliphatic heterocycles. The van der Waals surface area contributed by atoms with Crippen LogP contribution in [0.4, 0.5) is 0 Å². The van der Waals surface area contributed by atoms with Gasteiger partial charge in [0, 0.05) is 9.80 Å². The Kier molecular flexibility index (Phi) is 4.30. The molecule has 0 bridgehead atoms. The van der Waals surface area contributed by atoms with Gasteiger partial charge in [-0.15, -0.1) is 0 Å². The predicted octanol–water partition coefficient (Wildman–Crippen LogP) is 3.00. The number of benzene rings is 1. The molecule has 0 saturated heterocycles. The molecule has 0 aromatic heterocycles. The number of carbonyl (C=O) groups excluding carboxylic acids is 1. The van der Waals surface area contributed by atoms with Gasteiger partial charge in [0.25, 0.3) is 0 Å². The molecule has 0 aliphatic rings. The Balaban J connectivity index is 3.43. The van der Waals surface area contributed by atoms with Crippen LogP contribution in [0.5, 0.6) is 0 Å². The Morgan fingerprint density at radius 1 is 1.60 bits per heavy atom. The van der Waals surface area contributed by atoms with E-state index in [0.717, 1.165) is 10.0 Å². The molecular formula is C10H7Br2NO2. The third-order valence-electron chi connectivity index (χ3n) is 1.91. The van der Waals surface area contributed by atoms with Crippen molar-refractivity contribution in [2.24, 2.45) is 0 Å². The Hall–Kier alpha value is -0.860. The van der Waals surface area contributed by atoms with Gasteiger partial charge < -0.3 is 4.74 Å². The predicted molar refractivity (Wildman–Crippen MR) is 62.8 cm³/mol. The van der Waals surface area contributed by atoms with Crippen molar-refractivity contribution in [2.75, 3.05) is 7.11 Å². The maximum atomic E-state index is 11.4. The molecule has 1 rings (SSSR count). The zero-order valence-electron chi connectivity index (χ0n) is 7.88. The molecule has 0 aliphatic carbocycles. The summed E-state index contributed by atoms with van der Waals surface area (Å²) in [5, 5.41) is 9.50. The molecule has 15 heavy (non-hydrogen) atoms. The molecule has 78 valence electrons. The minimum Gasteiger partial charge on any atom is -0.465 e. The van der Waals surface area contributed by atoms with Crippen molar-refractivity contribution in [1.82, 2.24) is 0 Å². The summed E-state index contributed by atoms with van der Waals surface area (Å²) in [5.41, 5.74) is 1.38. The summed E-state index contributed by atoms with van der Waals surface area (Å²) < 4.78 is 5.39. The van der Waals surface area contributed by atoms with Gasteiger partial charge in [-0.1, -0.05) is 31.9 Å². The number of esters is 1. The third kappa shape index (κ3) is 2.39. The lowest BCUT2D eigenvalue weighted by atomic mass is 10.0. The number of methoxy groups -OCH3 is 1. The maximum Gasteiger partial charge on any atom is 0.339 e. The zero-order chi connectivity index (χ0) is 11.4. The molecule has 0 heterocycles. The molecule has 0 atom stereocenters. The molecule has 1 aromatic carbocycles. The number of ether oxygens (including phenoxy) is 1. The van der Waals surface area contributed by atoms with Gasteiger partial charge >= 0.3 is 5.97 Å². The second-order valence-electron chi connectivity index (χ2n) is 2.69. The van der Waals surface area contributed by atoms with Crippen LogP contribution in [-0.4, -0.2) is 13.1 Å². The lowest BCUT2D eigenvalue weighted by molar-refractivity contribution is 0.0600. The Morgan fingerprint density at radius 2 is 2.27 bits per heavy atom. The van der Waals surface area contributed by atoms with Crippen LogP contribution in [-0.2, 0) is 10.1 Å². The smallest absolute Gasteiger partial charge is 0.339 e. The molecule has 0 fully saturated rings. The third-order valence-corrected chi connectivity index (χ3v) is 3.21. The summed E-state index contributed by atoms with van der Waals surface area (Å²) in [4.78, 5) is 11.4. The molecule has 0 spiro atoms. The molecule has 0 saturated carbocycles. The topological polar surface area (TPSA) is 50.1 Å². The van der Waals surface area contributed by atoms with Crippen LogP contribution in [0.2, 0.25) is 0 Å². The summed E-state index contributed by atoms with van der Waals surface area (Å²) in [6.45, 7) is 0. The number of alkyl halides is 1. The van der Waals surface area contributed by atoms with Crippen molar-refractivity contribution in [3.8, 4) is 6.07 Å². The first kappa shape index (κ1) is 12.2. The summed E-state index contributed by atoms with van der Waals surface area (Å²) >= 11 is 6.59. The van der Waals surface area contributed by atoms with Gasteiger partial charge in [-0.2, -0.15) is 5.26 Å². The average Bonchev–Trinajstić information content (AvgIpc) is 2.27. The highest BCUT2D eigenvalue weighted by Crippen LogP contribution is 2.26. The van der Waals surface area contributed by atoms with Crippen LogP contribution in [0.1, 0.15) is 21.5 Å². The van der Waals surface area contributed by atoms with Crippen molar-refractivity contribution in [3.05, 3.63) is 33.3 Å². The molecule has 0 N–H and O–H groups in total. The van der Waals surface area contributed by atoms with Crippen molar-refractivity contribution in [1.29, 1.82) is 5.26 Å². The van der Waals surface area contributed by atoms with E-state index in [2.05, 4.69) is 36.6 Å². The fraction of sp³-hybridized carbons (Fsp3) is 0.200. The molecule has 5 heteroatoms. The summed E-state index contributed by atoms with van der Waals surface area (Å²) in [5.74, 6) is -0.499. The van der Waals surface area contributed by atoms with E-state index in [1.165, 1.54) is 7.11 Å². The van der Waals surface area contributed by atoms with E-state index in [4.69, 9.17) is 5.26 Å². The van der Waals surface area contributed by atoms with E-state index >= 15 is 0 Å². The summed E-state index contributed by atoms with van der Waals surface area (Å²) in [7, 11) is 1.29. The van der Waals surface area contributed by atoms with Gasteiger partial charge in [0.05, 0.1) is 18.2 Å². The van der Waals surface area contributed by atoms with E-state index in [9.17, 15) is 4.79 Å². The Morgan fingerprint density at radius 3 is 2.73 bits per heavy atom. The van der Waals surface area contributed by atoms with Crippen LogP contribution < -0.4 is 0 Å². The Bertz CT molecular complexity index is 438. The highest BCUT2D eigenvalue weighted by molar-refractivity contribution is 9.10. The lowest BCUT2D eigenvalue weighted by Gasteiger charge is -2.07. The van der Waals surface area contributed by atoms with E-state index < -0.39 is 5.97 Å². The normalized spacial score (nSPS) is 9.47. The minimum absolute atomic E-state index is 0.289. The van der Waals surface area contributed by atoms with Gasteiger partial charge in [-0.25, -0.2) is 4.79 Å². The number of halogens is 2. The number of hydrogen-bond acceptors (Lipinski definition) is 3. The van der Waals surface area contributed by atoms with E-state index in [-0.39, 0.29) is 5.56 Å². The number of rotatable bonds is 2. The van der Waals surface area contributed by atoms with Crippen LogP contribution in [0.3, 0.4) is 0 Å². The maximum absolute atomic E-state index is 11.4. The molecule has 3 nitrogen and oxygen atoms in total. The Labute approximate surface area is 104 Å². The lowest BCUT2D eigenvalue weighted by Crippen LogP contribution is -2.06. The second kappa shape index (κ2) is 5.29. The van der Waals surface area contributed by atoms with E-state index in [1.807, 2.05) is 6.07 Å². The van der Waals surface area contributed by atoms with E-state index in [1.54, 1.807) is 12.1 Å². The largest absolute Gasteiger partial charge is 0.465 e. The fourth-order valence-corrected chi connectivity index (χ4v) is 2.59. The average molecular weight is 333 g/mol. The number of nitrogens with zero attached hydrogens (tertiary/aromatic N) is 1. The fourth-order valence-electron chi connectivity index (χ4n) is 1.16. The first-order valence-electron chi connectivity index (χ1n) is 4.01. The van der Waals surface area contributed by atoms with Gasteiger partial charge in [0.1, 0.15) is 6.07 Å². The number of hydrogen-bond donors (Lipinski definition) is 0. The van der Waals surface area contributed by atoms with Gasteiger partial charge in [0.2, 0.25) is 0 Å². The number of carbonyl (C=O) groups is 1. The molecule has 1 aromatic rings. The number of nitriles is 1. The van der Waals surface area contributed by atoms with Crippen LogP contribution >= 0.6 is 31.9 Å². The van der Waals surface area contributed by atoms with Crippen molar-refractivity contribution < 1.29 is 9.53 Å². The molecular weight excluding hydrogens is 326 g/mol. The highest BCUT2D eigenvalue weighted by Gasteiger charge is 2.16. The van der Waals surface area contributed by atoms with Gasteiger partial charge in [-0.05, 0) is 17.7 Å². The first-order valence-corrected chi connectivity index (χ1v) is 5.93. The SMILES string of the molecule is COC(=O)c1ccc(Br)c(CBr)c1C#N. The molecule has 0 radical (unpaired) electrons. The molecule has 0 unspecified atom stereocenters. The van der Waals surface area contributed by atoms with Gasteiger partial charge in [0.15, 0.2) is 0 Å².